The number of imidazole rings is 1. The van der Waals surface area contributed by atoms with Crippen molar-refractivity contribution in [3.63, 3.8) is 0 Å². The first-order chi connectivity index (χ1) is 16.6. The second-order valence-corrected chi connectivity index (χ2v) is 8.33. The number of hydrogen-bond donors (Lipinski definition) is 1. The van der Waals surface area contributed by atoms with Crippen molar-refractivity contribution < 1.29 is 33.3 Å². The van der Waals surface area contributed by atoms with Gasteiger partial charge in [-0.25, -0.2) is 19.7 Å². The Morgan fingerprint density at radius 3 is 2.46 bits per heavy atom. The molecule has 0 bridgehead atoms. The van der Waals surface area contributed by atoms with E-state index >= 15 is 0 Å². The van der Waals surface area contributed by atoms with Crippen molar-refractivity contribution in [3.05, 3.63) is 48.0 Å². The molecule has 2 N–H and O–H groups in total. The van der Waals surface area contributed by atoms with E-state index in [4.69, 9.17) is 24.7 Å². The zero-order valence-corrected chi connectivity index (χ0v) is 19.6. The van der Waals surface area contributed by atoms with Crippen LogP contribution in [0.15, 0.2) is 36.7 Å². The van der Waals surface area contributed by atoms with E-state index in [0.29, 0.717) is 22.6 Å². The van der Waals surface area contributed by atoms with Crippen LogP contribution in [0.2, 0.25) is 0 Å². The summed E-state index contributed by atoms with van der Waals surface area (Å²) in [6.07, 6.45) is -1.98. The predicted molar refractivity (Wildman–Crippen MR) is 121 cm³/mol. The first-order valence-corrected chi connectivity index (χ1v) is 10.8. The van der Waals surface area contributed by atoms with Crippen LogP contribution in [0.4, 0.5) is 5.82 Å². The molecule has 2 aromatic heterocycles. The first-order valence-electron chi connectivity index (χ1n) is 10.8. The van der Waals surface area contributed by atoms with Gasteiger partial charge in [0.15, 0.2) is 35.4 Å². The minimum atomic E-state index is -1.39. The lowest BCUT2D eigenvalue weighted by Crippen LogP contribution is -2.48. The molecule has 1 saturated heterocycles. The van der Waals surface area contributed by atoms with Gasteiger partial charge in [0.05, 0.1) is 5.56 Å². The zero-order chi connectivity index (χ0) is 25.3. The van der Waals surface area contributed by atoms with Gasteiger partial charge in [-0.05, 0) is 26.0 Å². The zero-order valence-electron chi connectivity index (χ0n) is 19.6. The highest BCUT2D eigenvalue weighted by Crippen LogP contribution is 2.43. The van der Waals surface area contributed by atoms with E-state index in [1.165, 1.54) is 20.2 Å². The predicted octanol–water partition coefficient (Wildman–Crippen LogP) is 1.72. The number of aryl methyl sites for hydroxylation is 1. The molecule has 0 unspecified atom stereocenters. The number of carbonyl (C=O) groups excluding carboxylic acids is 3. The monoisotopic (exact) mass is 483 g/mol. The van der Waals surface area contributed by atoms with Crippen LogP contribution in [0, 0.1) is 6.92 Å². The fourth-order valence-corrected chi connectivity index (χ4v) is 4.11. The molecule has 0 aliphatic carbocycles. The van der Waals surface area contributed by atoms with Crippen LogP contribution in [0.3, 0.4) is 0 Å². The molecule has 35 heavy (non-hydrogen) atoms. The maximum Gasteiger partial charge on any atom is 0.338 e. The van der Waals surface area contributed by atoms with Crippen molar-refractivity contribution >= 4 is 34.9 Å². The first kappa shape index (κ1) is 24.1. The number of esters is 3. The normalized spacial score (nSPS) is 23.7. The van der Waals surface area contributed by atoms with Crippen LogP contribution >= 0.6 is 0 Å². The molecule has 0 amide bonds. The number of nitrogen functional groups attached to an aromatic ring is 1. The SMILES string of the molecule is CC(=O)O[C@H]1[C@H](n2c(C)nc3c(N)ncnc32)O[C@](C)(COC(=O)c2ccccc2)[C@H]1OC(C)=O. The van der Waals surface area contributed by atoms with Gasteiger partial charge >= 0.3 is 17.9 Å². The lowest BCUT2D eigenvalue weighted by molar-refractivity contribution is -0.169. The Labute approximate surface area is 200 Å². The molecule has 1 aliphatic rings. The van der Waals surface area contributed by atoms with Gasteiger partial charge < -0.3 is 24.7 Å². The van der Waals surface area contributed by atoms with E-state index in [2.05, 4.69) is 15.0 Å². The number of nitrogens with zero attached hydrogens (tertiary/aromatic N) is 4. The average Bonchev–Trinajstić information content (AvgIpc) is 3.27. The van der Waals surface area contributed by atoms with Crippen LogP contribution < -0.4 is 5.73 Å². The molecule has 0 radical (unpaired) electrons. The largest absolute Gasteiger partial charge is 0.459 e. The molecule has 0 spiro atoms. The molecular formula is C23H25N5O7. The van der Waals surface area contributed by atoms with Gasteiger partial charge in [-0.15, -0.1) is 0 Å². The highest BCUT2D eigenvalue weighted by Gasteiger charge is 2.58. The lowest BCUT2D eigenvalue weighted by Gasteiger charge is -2.30. The van der Waals surface area contributed by atoms with E-state index in [0.717, 1.165) is 0 Å². The van der Waals surface area contributed by atoms with Gasteiger partial charge in [0, 0.05) is 13.8 Å². The molecule has 1 aromatic carbocycles. The molecule has 4 atom stereocenters. The smallest absolute Gasteiger partial charge is 0.338 e. The third kappa shape index (κ3) is 4.64. The molecule has 4 rings (SSSR count). The molecule has 1 fully saturated rings. The van der Waals surface area contributed by atoms with Crippen molar-refractivity contribution in [1.29, 1.82) is 0 Å². The summed E-state index contributed by atoms with van der Waals surface area (Å²) in [7, 11) is 0. The van der Waals surface area contributed by atoms with Gasteiger partial charge in [0.25, 0.3) is 0 Å². The average molecular weight is 483 g/mol. The fraction of sp³-hybridized carbons (Fsp3) is 0.391. The molecular weight excluding hydrogens is 458 g/mol. The minimum Gasteiger partial charge on any atom is -0.459 e. The summed E-state index contributed by atoms with van der Waals surface area (Å²) >= 11 is 0. The molecule has 184 valence electrons. The van der Waals surface area contributed by atoms with Crippen LogP contribution in [-0.4, -0.2) is 61.8 Å². The lowest BCUT2D eigenvalue weighted by atomic mass is 9.97. The van der Waals surface area contributed by atoms with Crippen molar-refractivity contribution in [1.82, 2.24) is 19.5 Å². The topological polar surface area (TPSA) is 158 Å². The van der Waals surface area contributed by atoms with Crippen molar-refractivity contribution in [3.8, 4) is 0 Å². The van der Waals surface area contributed by atoms with E-state index in [-0.39, 0.29) is 12.4 Å². The Morgan fingerprint density at radius 2 is 1.80 bits per heavy atom. The Morgan fingerprint density at radius 1 is 1.11 bits per heavy atom. The maximum absolute atomic E-state index is 12.6. The summed E-state index contributed by atoms with van der Waals surface area (Å²) in [6.45, 7) is 5.45. The number of hydrogen-bond acceptors (Lipinski definition) is 11. The summed E-state index contributed by atoms with van der Waals surface area (Å²) in [5, 5.41) is 0. The number of anilines is 1. The van der Waals surface area contributed by atoms with Gasteiger partial charge in [-0.2, -0.15) is 0 Å². The second-order valence-electron chi connectivity index (χ2n) is 8.33. The summed E-state index contributed by atoms with van der Waals surface area (Å²) in [5.41, 5.74) is 5.59. The highest BCUT2D eigenvalue weighted by atomic mass is 16.7. The van der Waals surface area contributed by atoms with Crippen molar-refractivity contribution in [2.45, 2.75) is 51.7 Å². The Kier molecular flexibility index (Phi) is 6.39. The third-order valence-corrected chi connectivity index (χ3v) is 5.60. The van der Waals surface area contributed by atoms with Crippen molar-refractivity contribution in [2.24, 2.45) is 0 Å². The number of rotatable bonds is 6. The quantitative estimate of drug-likeness (QED) is 0.402. The van der Waals surface area contributed by atoms with Gasteiger partial charge in [-0.1, -0.05) is 18.2 Å². The molecule has 1 aliphatic heterocycles. The molecule has 3 aromatic rings. The van der Waals surface area contributed by atoms with Crippen LogP contribution in [0.5, 0.6) is 0 Å². The standard InChI is InChI=1S/C23H25N5O7/c1-12-27-16-19(24)25-11-26-20(16)28(12)21-17(33-13(2)29)18(34-14(3)30)23(4,35-21)10-32-22(31)15-8-6-5-7-9-15/h5-9,11,17-18,21H,10H2,1-4H3,(H2,24,25,26)/t17-,18+,21-,23-/m1/s1. The Hall–Kier alpha value is -4.06. The highest BCUT2D eigenvalue weighted by molar-refractivity contribution is 5.89. The number of fused-ring (bicyclic) bond motifs is 1. The summed E-state index contributed by atoms with van der Waals surface area (Å²) in [5.74, 6) is -1.23. The summed E-state index contributed by atoms with van der Waals surface area (Å²) in [6, 6.07) is 8.41. The van der Waals surface area contributed by atoms with Gasteiger partial charge in [0.2, 0.25) is 0 Å². The third-order valence-electron chi connectivity index (χ3n) is 5.60. The minimum absolute atomic E-state index is 0.162. The molecule has 0 saturated carbocycles. The van der Waals surface area contributed by atoms with Gasteiger partial charge in [-0.3, -0.25) is 14.2 Å². The second kappa shape index (κ2) is 9.29. The van der Waals surface area contributed by atoms with Gasteiger partial charge in [0.1, 0.15) is 24.4 Å². The van der Waals surface area contributed by atoms with E-state index in [1.54, 1.807) is 48.7 Å². The van der Waals surface area contributed by atoms with E-state index < -0.39 is 41.9 Å². The summed E-state index contributed by atoms with van der Waals surface area (Å²) in [4.78, 5) is 49.3. The van der Waals surface area contributed by atoms with Crippen LogP contribution in [-0.2, 0) is 28.5 Å². The number of nitrogens with two attached hydrogens (primary N) is 1. The van der Waals surface area contributed by atoms with E-state index in [9.17, 15) is 14.4 Å². The van der Waals surface area contributed by atoms with Crippen LogP contribution in [0.1, 0.15) is 43.2 Å². The van der Waals surface area contributed by atoms with Crippen molar-refractivity contribution in [2.75, 3.05) is 12.3 Å². The molecule has 12 nitrogen and oxygen atoms in total. The maximum atomic E-state index is 12.6. The molecule has 3 heterocycles. The number of ether oxygens (including phenoxy) is 4. The number of benzene rings is 1. The fourth-order valence-electron chi connectivity index (χ4n) is 4.11. The number of aromatic nitrogens is 4. The summed E-state index contributed by atoms with van der Waals surface area (Å²) < 4.78 is 24.6. The van der Waals surface area contributed by atoms with E-state index in [1.807, 2.05) is 0 Å². The van der Waals surface area contributed by atoms with Crippen LogP contribution in [0.25, 0.3) is 11.2 Å². The Balaban J connectivity index is 1.74. The Bertz CT molecular complexity index is 1280. The molecule has 12 heteroatoms. The number of carbonyl (C=O) groups is 3.